The summed E-state index contributed by atoms with van der Waals surface area (Å²) in [5.74, 6) is 0.532. The van der Waals surface area contributed by atoms with Crippen LogP contribution in [0.3, 0.4) is 0 Å². The molecule has 1 atom stereocenters. The van der Waals surface area contributed by atoms with Gasteiger partial charge >= 0.3 is 5.97 Å². The van der Waals surface area contributed by atoms with Crippen LogP contribution in [0, 0.1) is 5.92 Å². The molecule has 4 heteroatoms. The fraction of sp³-hybridized carbons (Fsp3) is 0.938. The number of carbonyl (C=O) groups is 1. The van der Waals surface area contributed by atoms with Crippen LogP contribution < -0.4 is 5.32 Å². The van der Waals surface area contributed by atoms with Crippen molar-refractivity contribution in [3.8, 4) is 0 Å². The zero-order valence-corrected chi connectivity index (χ0v) is 13.6. The average molecular weight is 304 g/mol. The molecule has 0 aromatic carbocycles. The Bertz CT molecular complexity index is 278. The third-order valence-electron chi connectivity index (χ3n) is 4.65. The van der Waals surface area contributed by atoms with Crippen molar-refractivity contribution < 1.29 is 9.53 Å². The van der Waals surface area contributed by atoms with Crippen LogP contribution in [0.5, 0.6) is 0 Å². The van der Waals surface area contributed by atoms with Crippen LogP contribution in [0.4, 0.5) is 0 Å². The van der Waals surface area contributed by atoms with Crippen LogP contribution in [-0.2, 0) is 9.53 Å². The lowest BCUT2D eigenvalue weighted by Crippen LogP contribution is -2.56. The number of fused-ring (bicyclic) bond motifs is 3. The maximum atomic E-state index is 12.0. The molecule has 0 aromatic rings. The van der Waals surface area contributed by atoms with E-state index < -0.39 is 0 Å². The van der Waals surface area contributed by atoms with E-state index in [1.165, 1.54) is 57.8 Å². The molecule has 3 nitrogen and oxygen atoms in total. The van der Waals surface area contributed by atoms with Gasteiger partial charge in [0.2, 0.25) is 0 Å². The fourth-order valence-corrected chi connectivity index (χ4v) is 3.41. The standard InChI is InChI=1S/C16H29NO2.ClH/c1-2-3-4-5-6-7-12-19-16(18)15-13-8-10-14(17-15)11-9-13;/h13-15,17H,2-12H2,1H3;1H/t13?,14?,15-;/m0./s1. The lowest BCUT2D eigenvalue weighted by molar-refractivity contribution is -0.150. The van der Waals surface area contributed by atoms with E-state index in [9.17, 15) is 4.79 Å². The van der Waals surface area contributed by atoms with Crippen LogP contribution in [0.1, 0.15) is 71.1 Å². The Balaban J connectivity index is 0.00000200. The monoisotopic (exact) mass is 303 g/mol. The van der Waals surface area contributed by atoms with Gasteiger partial charge in [-0.05, 0) is 38.0 Å². The summed E-state index contributed by atoms with van der Waals surface area (Å²) in [5, 5.41) is 3.45. The Morgan fingerprint density at radius 2 is 1.70 bits per heavy atom. The molecule has 1 aliphatic carbocycles. The van der Waals surface area contributed by atoms with Crippen molar-refractivity contribution in [2.45, 2.75) is 83.2 Å². The number of ether oxygens (including phenoxy) is 1. The minimum atomic E-state index is -0.00686. The third kappa shape index (κ3) is 5.25. The second kappa shape index (κ2) is 9.62. The van der Waals surface area contributed by atoms with Gasteiger partial charge in [0, 0.05) is 6.04 Å². The summed E-state index contributed by atoms with van der Waals surface area (Å²) in [7, 11) is 0. The van der Waals surface area contributed by atoms with Crippen molar-refractivity contribution in [3.05, 3.63) is 0 Å². The maximum absolute atomic E-state index is 12.0. The van der Waals surface area contributed by atoms with Gasteiger partial charge in [0.1, 0.15) is 6.04 Å². The molecule has 3 aliphatic rings. The number of carbonyl (C=O) groups excluding carboxylic acids is 1. The topological polar surface area (TPSA) is 38.3 Å². The summed E-state index contributed by atoms with van der Waals surface area (Å²) in [6.45, 7) is 2.84. The molecule has 3 fully saturated rings. The molecule has 2 bridgehead atoms. The van der Waals surface area contributed by atoms with Crippen LogP contribution in [0.25, 0.3) is 0 Å². The zero-order valence-electron chi connectivity index (χ0n) is 12.7. The largest absolute Gasteiger partial charge is 0.465 e. The molecule has 2 saturated heterocycles. The van der Waals surface area contributed by atoms with Gasteiger partial charge < -0.3 is 10.1 Å². The zero-order chi connectivity index (χ0) is 13.5. The Kier molecular flexibility index (Phi) is 8.55. The number of piperidine rings is 2. The first-order chi connectivity index (χ1) is 9.31. The molecule has 2 aliphatic heterocycles. The summed E-state index contributed by atoms with van der Waals surface area (Å²) >= 11 is 0. The first-order valence-electron chi connectivity index (χ1n) is 8.24. The number of hydrogen-bond donors (Lipinski definition) is 1. The molecule has 0 spiro atoms. The highest BCUT2D eigenvalue weighted by molar-refractivity contribution is 5.85. The summed E-state index contributed by atoms with van der Waals surface area (Å²) in [6, 6.07) is 0.559. The predicted octanol–water partition coefficient (Wildman–Crippen LogP) is 3.84. The molecular formula is C16H30ClNO2. The van der Waals surface area contributed by atoms with Crippen molar-refractivity contribution in [2.24, 2.45) is 5.92 Å². The lowest BCUT2D eigenvalue weighted by atomic mass is 9.76. The molecule has 118 valence electrons. The summed E-state index contributed by atoms with van der Waals surface area (Å²) in [5.41, 5.74) is 0. The van der Waals surface area contributed by atoms with Gasteiger partial charge in [-0.15, -0.1) is 12.4 Å². The molecule has 0 radical (unpaired) electrons. The molecule has 0 amide bonds. The van der Waals surface area contributed by atoms with E-state index in [0.29, 0.717) is 18.6 Å². The molecule has 3 rings (SSSR count). The van der Waals surface area contributed by atoms with Gasteiger partial charge in [-0.2, -0.15) is 0 Å². The minimum absolute atomic E-state index is 0. The van der Waals surface area contributed by atoms with E-state index in [0.717, 1.165) is 6.42 Å². The summed E-state index contributed by atoms with van der Waals surface area (Å²) in [6.07, 6.45) is 12.3. The number of unbranched alkanes of at least 4 members (excludes halogenated alkanes) is 5. The Hall–Kier alpha value is -0.280. The van der Waals surface area contributed by atoms with Crippen molar-refractivity contribution >= 4 is 18.4 Å². The number of hydrogen-bond acceptors (Lipinski definition) is 3. The van der Waals surface area contributed by atoms with Crippen LogP contribution in [0.2, 0.25) is 0 Å². The summed E-state index contributed by atoms with van der Waals surface area (Å²) in [4.78, 5) is 12.0. The molecule has 20 heavy (non-hydrogen) atoms. The van der Waals surface area contributed by atoms with E-state index in [1.54, 1.807) is 0 Å². The second-order valence-electron chi connectivity index (χ2n) is 6.19. The molecule has 0 aromatic heterocycles. The SMILES string of the molecule is CCCCCCCCOC(=O)[C@H]1NC2CCC1CC2.Cl. The number of halogens is 1. The quantitative estimate of drug-likeness (QED) is 0.547. The number of rotatable bonds is 8. The Morgan fingerprint density at radius 3 is 2.30 bits per heavy atom. The fourth-order valence-electron chi connectivity index (χ4n) is 3.41. The van der Waals surface area contributed by atoms with Gasteiger partial charge in [-0.3, -0.25) is 4.79 Å². The number of esters is 1. The number of nitrogens with one attached hydrogen (secondary N) is 1. The van der Waals surface area contributed by atoms with Crippen molar-refractivity contribution in [2.75, 3.05) is 6.61 Å². The first-order valence-corrected chi connectivity index (χ1v) is 8.24. The first kappa shape index (κ1) is 17.8. The molecule has 2 heterocycles. The third-order valence-corrected chi connectivity index (χ3v) is 4.65. The smallest absolute Gasteiger partial charge is 0.323 e. The average Bonchev–Trinajstić information content (AvgIpc) is 2.47. The highest BCUT2D eigenvalue weighted by Crippen LogP contribution is 2.33. The van der Waals surface area contributed by atoms with Crippen LogP contribution >= 0.6 is 12.4 Å². The lowest BCUT2D eigenvalue weighted by Gasteiger charge is -2.42. The van der Waals surface area contributed by atoms with Gasteiger partial charge in [0.15, 0.2) is 0 Å². The van der Waals surface area contributed by atoms with E-state index in [-0.39, 0.29) is 24.4 Å². The van der Waals surface area contributed by atoms with E-state index in [4.69, 9.17) is 4.74 Å². The molecule has 1 saturated carbocycles. The predicted molar refractivity (Wildman–Crippen MR) is 84.3 cm³/mol. The van der Waals surface area contributed by atoms with Gasteiger partial charge in [0.05, 0.1) is 6.61 Å². The molecule has 0 unspecified atom stereocenters. The second-order valence-corrected chi connectivity index (χ2v) is 6.19. The normalized spacial score (nSPS) is 27.9. The van der Waals surface area contributed by atoms with Crippen molar-refractivity contribution in [3.63, 3.8) is 0 Å². The van der Waals surface area contributed by atoms with Crippen molar-refractivity contribution in [1.82, 2.24) is 5.32 Å². The van der Waals surface area contributed by atoms with Crippen molar-refractivity contribution in [1.29, 1.82) is 0 Å². The van der Waals surface area contributed by atoms with Gasteiger partial charge in [0.25, 0.3) is 0 Å². The Labute approximate surface area is 129 Å². The minimum Gasteiger partial charge on any atom is -0.465 e. The maximum Gasteiger partial charge on any atom is 0.323 e. The highest BCUT2D eigenvalue weighted by atomic mass is 35.5. The van der Waals surface area contributed by atoms with E-state index >= 15 is 0 Å². The van der Waals surface area contributed by atoms with E-state index in [2.05, 4.69) is 12.2 Å². The van der Waals surface area contributed by atoms with Crippen LogP contribution in [0.15, 0.2) is 0 Å². The molecular weight excluding hydrogens is 274 g/mol. The van der Waals surface area contributed by atoms with Crippen LogP contribution in [-0.4, -0.2) is 24.7 Å². The van der Waals surface area contributed by atoms with Gasteiger partial charge in [-0.25, -0.2) is 0 Å². The van der Waals surface area contributed by atoms with E-state index in [1.807, 2.05) is 0 Å². The van der Waals surface area contributed by atoms with Gasteiger partial charge in [-0.1, -0.05) is 39.0 Å². The highest BCUT2D eigenvalue weighted by Gasteiger charge is 2.39. The Morgan fingerprint density at radius 1 is 1.05 bits per heavy atom. The summed E-state index contributed by atoms with van der Waals surface area (Å²) < 4.78 is 5.44. The molecule has 1 N–H and O–H groups in total.